The summed E-state index contributed by atoms with van der Waals surface area (Å²) in [4.78, 5) is 36.2. The second kappa shape index (κ2) is 15.6. The molecule has 0 aliphatic carbocycles. The van der Waals surface area contributed by atoms with E-state index in [1.807, 2.05) is 0 Å². The van der Waals surface area contributed by atoms with E-state index in [0.29, 0.717) is 25.7 Å². The number of hydrogen-bond acceptors (Lipinski definition) is 8. The molecule has 174 valence electrons. The maximum absolute atomic E-state index is 12.7. The molecule has 0 aromatic rings. The van der Waals surface area contributed by atoms with Crippen molar-refractivity contribution in [3.8, 4) is 0 Å². The number of ether oxygens (including phenoxy) is 3. The molecule has 0 saturated carbocycles. The molecule has 31 heavy (non-hydrogen) atoms. The molecule has 0 unspecified atom stereocenters. The topological polar surface area (TPSA) is 133 Å². The van der Waals surface area contributed by atoms with Gasteiger partial charge in [0.1, 0.15) is 18.6 Å². The number of rotatable bonds is 15. The molecule has 0 aliphatic rings. The molecule has 0 bridgehead atoms. The van der Waals surface area contributed by atoms with E-state index in [-0.39, 0.29) is 74.1 Å². The van der Waals surface area contributed by atoms with E-state index >= 15 is 0 Å². The quantitative estimate of drug-likeness (QED) is 0.0854. The van der Waals surface area contributed by atoms with Gasteiger partial charge in [0.25, 0.3) is 10.1 Å². The van der Waals surface area contributed by atoms with Gasteiger partial charge in [-0.15, -0.1) is 0 Å². The Kier molecular flexibility index (Phi) is 16.1. The minimum Gasteiger partial charge on any atom is -1.00 e. The SMILES string of the molecule is C=C(C)C(=O)OCC(CC)(COC(=O)C(=C)C)C(=O)OCCCCCCS(=O)(=O)O.[H-].[Na+]. The van der Waals surface area contributed by atoms with Crippen LogP contribution in [0.4, 0.5) is 0 Å². The van der Waals surface area contributed by atoms with E-state index < -0.39 is 33.4 Å². The van der Waals surface area contributed by atoms with Gasteiger partial charge >= 0.3 is 47.5 Å². The Morgan fingerprint density at radius 3 is 1.74 bits per heavy atom. The van der Waals surface area contributed by atoms with Gasteiger partial charge in [0.05, 0.1) is 12.4 Å². The smallest absolute Gasteiger partial charge is 1.00 e. The first-order chi connectivity index (χ1) is 13.8. The summed E-state index contributed by atoms with van der Waals surface area (Å²) in [5.74, 6) is -2.34. The molecule has 0 rings (SSSR count). The van der Waals surface area contributed by atoms with Crippen molar-refractivity contribution in [3.63, 3.8) is 0 Å². The zero-order valence-corrected chi connectivity index (χ0v) is 21.7. The molecule has 0 aromatic carbocycles. The molecule has 9 nitrogen and oxygen atoms in total. The maximum atomic E-state index is 12.7. The van der Waals surface area contributed by atoms with Gasteiger partial charge in [0.2, 0.25) is 0 Å². The average Bonchev–Trinajstić information content (AvgIpc) is 2.65. The number of hydrogen-bond donors (Lipinski definition) is 1. The summed E-state index contributed by atoms with van der Waals surface area (Å²) < 4.78 is 45.6. The Labute approximate surface area is 208 Å². The molecule has 0 aliphatic heterocycles. The fraction of sp³-hybridized carbons (Fsp3) is 0.650. The summed E-state index contributed by atoms with van der Waals surface area (Å²) in [7, 11) is -3.97. The second-order valence-electron chi connectivity index (χ2n) is 7.18. The van der Waals surface area contributed by atoms with Crippen LogP contribution in [0.2, 0.25) is 0 Å². The molecule has 0 aromatic heterocycles. The van der Waals surface area contributed by atoms with E-state index in [1.54, 1.807) is 6.92 Å². The van der Waals surface area contributed by atoms with E-state index in [4.69, 9.17) is 18.8 Å². The summed E-state index contributed by atoms with van der Waals surface area (Å²) in [6.45, 7) is 11.0. The molecule has 0 heterocycles. The van der Waals surface area contributed by atoms with E-state index in [9.17, 15) is 22.8 Å². The number of unbranched alkanes of at least 4 members (excludes halogenated alkanes) is 3. The zero-order valence-electron chi connectivity index (χ0n) is 19.9. The van der Waals surface area contributed by atoms with Crippen LogP contribution in [0, 0.1) is 5.41 Å². The Bertz CT molecular complexity index is 720. The van der Waals surface area contributed by atoms with Gasteiger partial charge in [-0.1, -0.05) is 32.9 Å². The van der Waals surface area contributed by atoms with Gasteiger partial charge in [-0.3, -0.25) is 9.35 Å². The Hall–Kier alpha value is -1.20. The van der Waals surface area contributed by atoms with Crippen LogP contribution in [-0.2, 0) is 38.7 Å². The van der Waals surface area contributed by atoms with Crippen LogP contribution in [0.15, 0.2) is 24.3 Å². The summed E-state index contributed by atoms with van der Waals surface area (Å²) in [5.41, 5.74) is -1.05. The molecular formula is C20H33NaO9S. The van der Waals surface area contributed by atoms with Crippen molar-refractivity contribution in [2.45, 2.75) is 52.9 Å². The average molecular weight is 473 g/mol. The number of carbonyl (C=O) groups is 3. The molecular weight excluding hydrogens is 439 g/mol. The minimum atomic E-state index is -3.97. The second-order valence-corrected chi connectivity index (χ2v) is 8.76. The van der Waals surface area contributed by atoms with Crippen molar-refractivity contribution >= 4 is 28.0 Å². The predicted octanol–water partition coefficient (Wildman–Crippen LogP) is -0.271. The van der Waals surface area contributed by atoms with Crippen molar-refractivity contribution in [2.24, 2.45) is 5.41 Å². The Balaban J connectivity index is -0.00000420. The molecule has 0 fully saturated rings. The van der Waals surface area contributed by atoms with Crippen molar-refractivity contribution < 1.29 is 72.5 Å². The largest absolute Gasteiger partial charge is 1.00 e. The first kappa shape index (κ1) is 32.0. The molecule has 0 saturated heterocycles. The molecule has 1 N–H and O–H groups in total. The zero-order chi connectivity index (χ0) is 23.4. The van der Waals surface area contributed by atoms with E-state index in [2.05, 4.69) is 13.2 Å². The van der Waals surface area contributed by atoms with E-state index in [1.165, 1.54) is 13.8 Å². The van der Waals surface area contributed by atoms with Crippen molar-refractivity contribution in [1.29, 1.82) is 0 Å². The third-order valence-corrected chi connectivity index (χ3v) is 5.10. The van der Waals surface area contributed by atoms with Gasteiger partial charge in [-0.2, -0.15) is 8.42 Å². The van der Waals surface area contributed by atoms with Gasteiger partial charge in [-0.05, 0) is 33.1 Å². The standard InChI is InChI=1S/C20H32O9S.Na.H/c1-6-20(13-28-17(21)15(2)3,14-29-18(22)16(4)5)19(23)27-11-9-7-8-10-12-30(24,25)26;;/h2,4,6-14H2,1,3,5H3,(H,24,25,26);;/q;+1;-1. The molecule has 11 heteroatoms. The monoisotopic (exact) mass is 472 g/mol. The van der Waals surface area contributed by atoms with Crippen molar-refractivity contribution in [3.05, 3.63) is 24.3 Å². The number of carbonyl (C=O) groups excluding carboxylic acids is 3. The van der Waals surface area contributed by atoms with Gasteiger partial charge < -0.3 is 15.6 Å². The summed E-state index contributed by atoms with van der Waals surface area (Å²) in [6.07, 6.45) is 2.11. The third-order valence-electron chi connectivity index (χ3n) is 4.30. The van der Waals surface area contributed by atoms with Crippen LogP contribution < -0.4 is 29.6 Å². The molecule has 0 amide bonds. The van der Waals surface area contributed by atoms with Crippen molar-refractivity contribution in [2.75, 3.05) is 25.6 Å². The third kappa shape index (κ3) is 13.7. The van der Waals surface area contributed by atoms with Crippen LogP contribution in [-0.4, -0.2) is 56.5 Å². The summed E-state index contributed by atoms with van der Waals surface area (Å²) >= 11 is 0. The van der Waals surface area contributed by atoms with Crippen LogP contribution in [0.1, 0.15) is 54.3 Å². The van der Waals surface area contributed by atoms with Gasteiger partial charge in [0.15, 0.2) is 0 Å². The fourth-order valence-corrected chi connectivity index (χ4v) is 2.79. The van der Waals surface area contributed by atoms with Crippen LogP contribution in [0.3, 0.4) is 0 Å². The van der Waals surface area contributed by atoms with Gasteiger partial charge in [0, 0.05) is 11.1 Å². The number of esters is 3. The summed E-state index contributed by atoms with van der Waals surface area (Å²) in [5, 5.41) is 0. The van der Waals surface area contributed by atoms with Crippen molar-refractivity contribution in [1.82, 2.24) is 0 Å². The normalized spacial score (nSPS) is 11.1. The summed E-state index contributed by atoms with van der Waals surface area (Å²) in [6, 6.07) is 0. The first-order valence-corrected chi connectivity index (χ1v) is 11.2. The maximum Gasteiger partial charge on any atom is 1.00 e. The van der Waals surface area contributed by atoms with Crippen LogP contribution in [0.5, 0.6) is 0 Å². The first-order valence-electron chi connectivity index (χ1n) is 9.62. The van der Waals surface area contributed by atoms with Gasteiger partial charge in [-0.25, -0.2) is 9.59 Å². The predicted molar refractivity (Wildman–Crippen MR) is 111 cm³/mol. The Morgan fingerprint density at radius 2 is 1.35 bits per heavy atom. The minimum absolute atomic E-state index is 0. The van der Waals surface area contributed by atoms with Crippen LogP contribution in [0.25, 0.3) is 0 Å². The fourth-order valence-electron chi connectivity index (χ4n) is 2.22. The Morgan fingerprint density at radius 1 is 0.903 bits per heavy atom. The van der Waals surface area contributed by atoms with E-state index in [0.717, 1.165) is 0 Å². The molecule has 0 atom stereocenters. The molecule has 0 spiro atoms. The van der Waals surface area contributed by atoms with Crippen LogP contribution >= 0.6 is 0 Å². The molecule has 0 radical (unpaired) electrons.